The highest BCUT2D eigenvalue weighted by Gasteiger charge is 2.57. The Kier molecular flexibility index (Phi) is 12.8. The first-order valence-electron chi connectivity index (χ1n) is 22.9. The molecule has 0 radical (unpaired) electrons. The van der Waals surface area contributed by atoms with Gasteiger partial charge in [-0.3, -0.25) is 28.8 Å². The molecule has 342 valence electrons. The largest absolute Gasteiger partial charge is 0.467 e. The second-order valence-corrected chi connectivity index (χ2v) is 24.9. The Labute approximate surface area is 372 Å². The molecule has 2 saturated carbocycles. The monoisotopic (exact) mass is 886 g/mol. The fourth-order valence-corrected chi connectivity index (χ4v) is 11.6. The van der Waals surface area contributed by atoms with Crippen molar-refractivity contribution in [2.24, 2.45) is 23.7 Å². The first kappa shape index (κ1) is 46.4. The lowest BCUT2D eigenvalue weighted by Crippen LogP contribution is -2.70. The molecule has 8 rings (SSSR count). The quantitative estimate of drug-likeness (QED) is 0.191. The Morgan fingerprint density at radius 3 is 1.43 bits per heavy atom. The predicted molar refractivity (Wildman–Crippen MR) is 237 cm³/mol. The van der Waals surface area contributed by atoms with E-state index in [9.17, 15) is 33.9 Å². The number of carbonyl (C=O) groups excluding carboxylic acids is 6. The zero-order valence-corrected chi connectivity index (χ0v) is 39.3. The Morgan fingerprint density at radius 1 is 0.683 bits per heavy atom. The fourth-order valence-electron chi connectivity index (χ4n) is 10.2. The van der Waals surface area contributed by atoms with Crippen LogP contribution in [0.2, 0.25) is 18.1 Å². The maximum Gasteiger partial charge on any atom is 0.267 e. The molecule has 0 aromatic heterocycles. The van der Waals surface area contributed by atoms with E-state index in [0.717, 1.165) is 38.5 Å². The lowest BCUT2D eigenvalue weighted by atomic mass is 9.77. The molecule has 2 spiro atoms. The van der Waals surface area contributed by atoms with Gasteiger partial charge in [0.2, 0.25) is 23.6 Å². The van der Waals surface area contributed by atoms with Crippen molar-refractivity contribution in [3.8, 4) is 11.5 Å². The van der Waals surface area contributed by atoms with Crippen LogP contribution in [0.3, 0.4) is 0 Å². The van der Waals surface area contributed by atoms with Gasteiger partial charge >= 0.3 is 0 Å². The molecule has 15 heteroatoms. The first-order chi connectivity index (χ1) is 29.6. The van der Waals surface area contributed by atoms with Gasteiger partial charge in [0.15, 0.2) is 19.8 Å². The minimum atomic E-state index is -2.10. The number of amides is 6. The molecule has 2 saturated heterocycles. The molecule has 0 bridgehead atoms. The smallest absolute Gasteiger partial charge is 0.267 e. The number of aliphatic hydroxyl groups is 1. The molecule has 8 atom stereocenters. The number of nitrogens with zero attached hydrogens (tertiary/aromatic N) is 2. The molecule has 14 nitrogen and oxygen atoms in total. The van der Waals surface area contributed by atoms with Crippen LogP contribution in [0, 0.1) is 23.7 Å². The maximum absolute atomic E-state index is 14.0. The van der Waals surface area contributed by atoms with Crippen LogP contribution in [0.15, 0.2) is 48.5 Å². The van der Waals surface area contributed by atoms with Gasteiger partial charge in [-0.05, 0) is 81.9 Å². The number of β-lactam (4-membered cyclic amide) rings is 2. The SMILES string of the molecule is CC(O)C1C(=O)NC1[C@@H](C)C(=O)N1C(=O)c2ccccc2OC12CCCCC2.CC(O[Si](C)(C)C(C)(C)C)C1C(=O)NC1[C@@H](C)C(=O)N1C(=O)c2ccccc2OC12CCCCC2. The van der Waals surface area contributed by atoms with Gasteiger partial charge in [-0.15, -0.1) is 0 Å². The molecular formula is C48H66N4O10Si. The number of para-hydroxylation sites is 2. The third-order valence-corrected chi connectivity index (χ3v) is 19.5. The maximum atomic E-state index is 14.0. The minimum absolute atomic E-state index is 0.0106. The van der Waals surface area contributed by atoms with E-state index >= 15 is 0 Å². The van der Waals surface area contributed by atoms with Gasteiger partial charge < -0.3 is 29.6 Å². The van der Waals surface area contributed by atoms with Gasteiger partial charge in [-0.1, -0.05) is 71.7 Å². The van der Waals surface area contributed by atoms with Crippen molar-refractivity contribution in [2.45, 2.75) is 167 Å². The summed E-state index contributed by atoms with van der Waals surface area (Å²) in [6.07, 6.45) is 6.92. The van der Waals surface area contributed by atoms with E-state index in [4.69, 9.17) is 13.9 Å². The average Bonchev–Trinajstić information content (AvgIpc) is 3.21. The average molecular weight is 887 g/mol. The normalized spacial score (nSPS) is 26.7. The standard InChI is InChI=1S/C27H40N2O5Si.C21H26N2O5/c1-17(22-21(23(30)28-22)18(2)34-35(6,7)26(3,4)5)24(31)29-25(32)19-13-9-10-14-20(19)33-27(29)15-11-8-12-16-27;1-12(17-16(13(2)24)18(25)22-17)19(26)23-20(27)14-8-4-5-9-15(14)28-21(23)10-6-3-7-11-21/h9-10,13-14,17-18,21-22H,8,11-12,15-16H2,1-7H3,(H,28,30);4-5,8-9,12-13,16-17,24H,3,6-7,10-11H2,1-2H3,(H,22,25)/t17-,18?,21?,22?;12-,13?,16?,17?/m11/s1. The van der Waals surface area contributed by atoms with E-state index in [-0.39, 0.29) is 52.6 Å². The van der Waals surface area contributed by atoms with Gasteiger partial charge in [0, 0.05) is 25.7 Å². The third-order valence-electron chi connectivity index (χ3n) is 14.9. The molecule has 63 heavy (non-hydrogen) atoms. The van der Waals surface area contributed by atoms with Gasteiger partial charge in [-0.2, -0.15) is 0 Å². The van der Waals surface area contributed by atoms with Crippen molar-refractivity contribution in [2.75, 3.05) is 0 Å². The van der Waals surface area contributed by atoms with Crippen LogP contribution in [-0.2, 0) is 23.6 Å². The number of imide groups is 2. The van der Waals surface area contributed by atoms with E-state index in [1.165, 1.54) is 9.80 Å². The number of ether oxygens (including phenoxy) is 2. The summed E-state index contributed by atoms with van der Waals surface area (Å²) in [6, 6.07) is 13.3. The van der Waals surface area contributed by atoms with E-state index in [1.54, 1.807) is 50.2 Å². The Hall–Kier alpha value is -4.60. The van der Waals surface area contributed by atoms with Crippen molar-refractivity contribution in [1.82, 2.24) is 20.4 Å². The summed E-state index contributed by atoms with van der Waals surface area (Å²) in [7, 11) is -2.10. The van der Waals surface area contributed by atoms with E-state index in [2.05, 4.69) is 44.5 Å². The van der Waals surface area contributed by atoms with E-state index in [1.807, 2.05) is 26.0 Å². The number of aliphatic hydroxyl groups excluding tert-OH is 1. The molecule has 4 heterocycles. The molecule has 3 N–H and O–H groups in total. The molecule has 4 aliphatic heterocycles. The molecule has 6 amide bonds. The number of nitrogens with one attached hydrogen (secondary N) is 2. The highest BCUT2D eigenvalue weighted by molar-refractivity contribution is 6.74. The van der Waals surface area contributed by atoms with Crippen molar-refractivity contribution in [3.05, 3.63) is 59.7 Å². The third kappa shape index (κ3) is 8.33. The van der Waals surface area contributed by atoms with Crippen LogP contribution in [0.25, 0.3) is 0 Å². The molecule has 2 aliphatic carbocycles. The first-order valence-corrected chi connectivity index (χ1v) is 25.8. The number of fused-ring (bicyclic) bond motifs is 2. The zero-order chi connectivity index (χ0) is 45.8. The Bertz CT molecular complexity index is 2120. The van der Waals surface area contributed by atoms with Gasteiger partial charge in [0.1, 0.15) is 11.5 Å². The summed E-state index contributed by atoms with van der Waals surface area (Å²) in [5.41, 5.74) is -1.14. The van der Waals surface area contributed by atoms with Crippen molar-refractivity contribution in [1.29, 1.82) is 0 Å². The molecule has 4 fully saturated rings. The van der Waals surface area contributed by atoms with Crippen LogP contribution in [0.5, 0.6) is 11.5 Å². The second kappa shape index (κ2) is 17.4. The highest BCUT2D eigenvalue weighted by Crippen LogP contribution is 2.46. The van der Waals surface area contributed by atoms with Crippen LogP contribution in [0.1, 0.15) is 133 Å². The summed E-state index contributed by atoms with van der Waals surface area (Å²) in [5, 5.41) is 15.6. The minimum Gasteiger partial charge on any atom is -0.467 e. The lowest BCUT2D eigenvalue weighted by Gasteiger charge is -2.51. The fraction of sp³-hybridized carbons (Fsp3) is 0.625. The summed E-state index contributed by atoms with van der Waals surface area (Å²) in [6.45, 7) is 17.8. The van der Waals surface area contributed by atoms with E-state index < -0.39 is 55.6 Å². The van der Waals surface area contributed by atoms with E-state index in [0.29, 0.717) is 48.3 Å². The molecular weight excluding hydrogens is 821 g/mol. The summed E-state index contributed by atoms with van der Waals surface area (Å²) >= 11 is 0. The topological polar surface area (TPSA) is 181 Å². The number of benzene rings is 2. The van der Waals surface area contributed by atoms with Gasteiger partial charge in [0.25, 0.3) is 11.8 Å². The van der Waals surface area contributed by atoms with Crippen LogP contribution in [0.4, 0.5) is 0 Å². The number of rotatable bonds is 8. The van der Waals surface area contributed by atoms with Crippen molar-refractivity contribution >= 4 is 43.8 Å². The lowest BCUT2D eigenvalue weighted by molar-refractivity contribution is -0.164. The van der Waals surface area contributed by atoms with Gasteiger partial charge in [0.05, 0.1) is 59.1 Å². The molecule has 6 aliphatic rings. The zero-order valence-electron chi connectivity index (χ0n) is 38.3. The Balaban J connectivity index is 0.000000193. The molecule has 2 aromatic carbocycles. The molecule has 2 aromatic rings. The highest BCUT2D eigenvalue weighted by atomic mass is 28.4. The summed E-state index contributed by atoms with van der Waals surface area (Å²) in [5.74, 6) is -2.91. The van der Waals surface area contributed by atoms with Gasteiger partial charge in [-0.25, -0.2) is 9.80 Å². The second-order valence-electron chi connectivity index (χ2n) is 20.2. The van der Waals surface area contributed by atoms with Crippen molar-refractivity contribution < 1.29 is 47.8 Å². The van der Waals surface area contributed by atoms with Crippen LogP contribution >= 0.6 is 0 Å². The molecule has 6 unspecified atom stereocenters. The number of carbonyl (C=O) groups is 6. The summed E-state index contributed by atoms with van der Waals surface area (Å²) < 4.78 is 19.2. The Morgan fingerprint density at radius 2 is 1.06 bits per heavy atom. The number of hydrogen-bond acceptors (Lipinski definition) is 10. The van der Waals surface area contributed by atoms with Crippen molar-refractivity contribution in [3.63, 3.8) is 0 Å². The summed E-state index contributed by atoms with van der Waals surface area (Å²) in [4.78, 5) is 81.6. The predicted octanol–water partition coefficient (Wildman–Crippen LogP) is 6.71. The van der Waals surface area contributed by atoms with Crippen LogP contribution in [-0.4, -0.2) is 94.4 Å². The number of hydrogen-bond donors (Lipinski definition) is 3. The van der Waals surface area contributed by atoms with Crippen LogP contribution < -0.4 is 20.1 Å².